The average Bonchev–Trinajstić information content (AvgIpc) is 3.40. The predicted octanol–water partition coefficient (Wildman–Crippen LogP) is 6.86. The Kier molecular flexibility index (Phi) is 8.36. The van der Waals surface area contributed by atoms with Gasteiger partial charge in [0.15, 0.2) is 11.6 Å². The molecule has 0 atom stereocenters. The van der Waals surface area contributed by atoms with E-state index in [-0.39, 0.29) is 11.7 Å². The van der Waals surface area contributed by atoms with Crippen molar-refractivity contribution >= 4 is 40.3 Å². The van der Waals surface area contributed by atoms with Gasteiger partial charge < -0.3 is 4.74 Å². The van der Waals surface area contributed by atoms with Gasteiger partial charge in [-0.25, -0.2) is 9.07 Å². The molecule has 4 rings (SSSR count). The summed E-state index contributed by atoms with van der Waals surface area (Å²) >= 11 is 6.77. The minimum atomic E-state index is -0.446. The van der Waals surface area contributed by atoms with Crippen LogP contribution >= 0.6 is 24.0 Å². The highest BCUT2D eigenvalue weighted by molar-refractivity contribution is 8.26. The van der Waals surface area contributed by atoms with E-state index in [4.69, 9.17) is 22.1 Å². The molecular formula is C27H28FN3O2S2. The minimum Gasteiger partial charge on any atom is -0.491 e. The van der Waals surface area contributed by atoms with Crippen LogP contribution in [0.1, 0.15) is 45.1 Å². The number of unbranched alkanes of at least 4 members (excludes halogenated alkanes) is 2. The molecule has 1 fully saturated rings. The first kappa shape index (κ1) is 25.1. The van der Waals surface area contributed by atoms with Crippen LogP contribution in [0.15, 0.2) is 59.6 Å². The lowest BCUT2D eigenvalue weighted by Gasteiger charge is -2.13. The molecule has 1 amide bonds. The predicted molar refractivity (Wildman–Crippen MR) is 144 cm³/mol. The van der Waals surface area contributed by atoms with Crippen LogP contribution in [-0.4, -0.2) is 38.1 Å². The van der Waals surface area contributed by atoms with Crippen LogP contribution in [0, 0.1) is 5.82 Å². The Morgan fingerprint density at radius 3 is 2.63 bits per heavy atom. The van der Waals surface area contributed by atoms with Crippen LogP contribution < -0.4 is 4.74 Å². The summed E-state index contributed by atoms with van der Waals surface area (Å²) in [6.45, 7) is 5.17. The van der Waals surface area contributed by atoms with Gasteiger partial charge in [-0.2, -0.15) is 5.10 Å². The Bertz CT molecular complexity index is 1240. The Morgan fingerprint density at radius 2 is 1.91 bits per heavy atom. The van der Waals surface area contributed by atoms with Crippen LogP contribution in [0.5, 0.6) is 5.75 Å². The number of ether oxygens (including phenoxy) is 1. The molecule has 35 heavy (non-hydrogen) atoms. The summed E-state index contributed by atoms with van der Waals surface area (Å²) in [5.74, 6) is -0.324. The Hall–Kier alpha value is -2.97. The number of rotatable bonds is 10. The topological polar surface area (TPSA) is 47.4 Å². The van der Waals surface area contributed by atoms with Crippen molar-refractivity contribution in [3.63, 3.8) is 0 Å². The Balaban J connectivity index is 1.71. The second kappa shape index (κ2) is 11.6. The van der Waals surface area contributed by atoms with Gasteiger partial charge in [-0.3, -0.25) is 9.69 Å². The number of nitrogens with zero attached hydrogens (tertiary/aromatic N) is 3. The average molecular weight is 510 g/mol. The third-order valence-corrected chi connectivity index (χ3v) is 6.95. The lowest BCUT2D eigenvalue weighted by Crippen LogP contribution is -2.28. The molecule has 2 aromatic carbocycles. The zero-order valence-electron chi connectivity index (χ0n) is 19.9. The smallest absolute Gasteiger partial charge is 0.266 e. The first-order chi connectivity index (χ1) is 17.0. The molecule has 0 unspecified atom stereocenters. The fourth-order valence-electron chi connectivity index (χ4n) is 3.76. The molecule has 0 aliphatic carbocycles. The highest BCUT2D eigenvalue weighted by atomic mass is 32.2. The van der Waals surface area contributed by atoms with Gasteiger partial charge in [0.25, 0.3) is 5.91 Å². The molecule has 1 aliphatic rings. The van der Waals surface area contributed by atoms with E-state index in [9.17, 15) is 9.18 Å². The molecule has 1 saturated heterocycles. The highest BCUT2D eigenvalue weighted by Crippen LogP contribution is 2.35. The van der Waals surface area contributed by atoms with Gasteiger partial charge in [-0.15, -0.1) is 0 Å². The number of carbonyl (C=O) groups excluding carboxylic acids is 1. The zero-order chi connectivity index (χ0) is 24.8. The summed E-state index contributed by atoms with van der Waals surface area (Å²) in [6.07, 6.45) is 7.50. The molecule has 0 bridgehead atoms. The van der Waals surface area contributed by atoms with E-state index in [0.29, 0.717) is 39.2 Å². The summed E-state index contributed by atoms with van der Waals surface area (Å²) in [4.78, 5) is 15.3. The van der Waals surface area contributed by atoms with Crippen molar-refractivity contribution in [1.82, 2.24) is 14.7 Å². The van der Waals surface area contributed by atoms with E-state index in [1.165, 1.54) is 17.8 Å². The quantitative estimate of drug-likeness (QED) is 0.170. The number of halogens is 1. The largest absolute Gasteiger partial charge is 0.491 e. The molecule has 1 aliphatic heterocycles. The number of benzene rings is 2. The number of hydrogen-bond acceptors (Lipinski definition) is 5. The number of thiocarbonyl (C=S) groups is 1. The van der Waals surface area contributed by atoms with Gasteiger partial charge in [0.05, 0.1) is 17.2 Å². The standard InChI is InChI=1S/C27H28FN3O2S2/c1-3-5-9-14-30-26(32)24(35-27(30)34)17-20-18-31(21-10-7-6-8-11-21)29-25(20)19-12-13-23(22(28)16-19)33-15-4-2/h6-8,10-13,16-18H,3-5,9,14-15H2,1-2H3/b24-17-. The Labute approximate surface area is 215 Å². The molecule has 0 spiro atoms. The molecule has 1 aromatic heterocycles. The van der Waals surface area contributed by atoms with E-state index in [1.54, 1.807) is 27.8 Å². The summed E-state index contributed by atoms with van der Waals surface area (Å²) in [5, 5.41) is 4.75. The molecule has 0 radical (unpaired) electrons. The first-order valence-corrected chi connectivity index (χ1v) is 13.1. The molecule has 182 valence electrons. The number of hydrogen-bond donors (Lipinski definition) is 0. The van der Waals surface area contributed by atoms with Crippen molar-refractivity contribution in [2.24, 2.45) is 0 Å². The van der Waals surface area contributed by atoms with E-state index >= 15 is 0 Å². The second-order valence-corrected chi connectivity index (χ2v) is 9.92. The van der Waals surface area contributed by atoms with Crippen LogP contribution in [-0.2, 0) is 4.79 Å². The second-order valence-electron chi connectivity index (χ2n) is 8.25. The maximum absolute atomic E-state index is 14.8. The van der Waals surface area contributed by atoms with Crippen molar-refractivity contribution in [3.05, 3.63) is 71.0 Å². The normalized spacial score (nSPS) is 14.8. The van der Waals surface area contributed by atoms with Gasteiger partial charge in [0, 0.05) is 23.9 Å². The first-order valence-electron chi connectivity index (χ1n) is 11.8. The van der Waals surface area contributed by atoms with Crippen molar-refractivity contribution in [2.75, 3.05) is 13.2 Å². The van der Waals surface area contributed by atoms with Crippen LogP contribution in [0.25, 0.3) is 23.0 Å². The number of para-hydroxylation sites is 1. The molecule has 2 heterocycles. The van der Waals surface area contributed by atoms with Gasteiger partial charge >= 0.3 is 0 Å². The lowest BCUT2D eigenvalue weighted by molar-refractivity contribution is -0.122. The summed E-state index contributed by atoms with van der Waals surface area (Å²) in [6, 6.07) is 14.5. The number of thioether (sulfide) groups is 1. The maximum Gasteiger partial charge on any atom is 0.266 e. The van der Waals surface area contributed by atoms with Crippen molar-refractivity contribution in [3.8, 4) is 22.7 Å². The van der Waals surface area contributed by atoms with Crippen LogP contribution in [0.4, 0.5) is 4.39 Å². The highest BCUT2D eigenvalue weighted by Gasteiger charge is 2.32. The summed E-state index contributed by atoms with van der Waals surface area (Å²) < 4.78 is 22.6. The number of amides is 1. The van der Waals surface area contributed by atoms with Gasteiger partial charge in [0.2, 0.25) is 0 Å². The van der Waals surface area contributed by atoms with E-state index in [0.717, 1.165) is 31.4 Å². The molecular weight excluding hydrogens is 481 g/mol. The third-order valence-electron chi connectivity index (χ3n) is 5.58. The van der Waals surface area contributed by atoms with Crippen molar-refractivity contribution in [2.45, 2.75) is 39.5 Å². The lowest BCUT2D eigenvalue weighted by atomic mass is 10.1. The molecule has 0 N–H and O–H groups in total. The fraction of sp³-hybridized carbons (Fsp3) is 0.296. The molecule has 5 nitrogen and oxygen atoms in total. The van der Waals surface area contributed by atoms with Crippen molar-refractivity contribution < 1.29 is 13.9 Å². The van der Waals surface area contributed by atoms with Crippen LogP contribution in [0.3, 0.4) is 0 Å². The minimum absolute atomic E-state index is 0.0935. The van der Waals surface area contributed by atoms with E-state index in [2.05, 4.69) is 6.92 Å². The Morgan fingerprint density at radius 1 is 1.11 bits per heavy atom. The maximum atomic E-state index is 14.8. The molecule has 0 saturated carbocycles. The monoisotopic (exact) mass is 509 g/mol. The van der Waals surface area contributed by atoms with Crippen LogP contribution in [0.2, 0.25) is 0 Å². The van der Waals surface area contributed by atoms with Gasteiger partial charge in [0.1, 0.15) is 10.0 Å². The van der Waals surface area contributed by atoms with Gasteiger partial charge in [-0.1, -0.05) is 68.9 Å². The number of carbonyl (C=O) groups is 1. The molecule has 8 heteroatoms. The van der Waals surface area contributed by atoms with E-state index < -0.39 is 5.82 Å². The SMILES string of the molecule is CCCCCN1C(=O)/C(=C/c2cn(-c3ccccc3)nc2-c2ccc(OCCC)c(F)c2)SC1=S. The zero-order valence-corrected chi connectivity index (χ0v) is 21.5. The molecule has 3 aromatic rings. The van der Waals surface area contributed by atoms with Crippen molar-refractivity contribution in [1.29, 1.82) is 0 Å². The summed E-state index contributed by atoms with van der Waals surface area (Å²) in [5.41, 5.74) is 2.75. The van der Waals surface area contributed by atoms with Gasteiger partial charge in [-0.05, 0) is 49.2 Å². The number of aromatic nitrogens is 2. The fourth-order valence-corrected chi connectivity index (χ4v) is 5.06. The third kappa shape index (κ3) is 5.82. The summed E-state index contributed by atoms with van der Waals surface area (Å²) in [7, 11) is 0. The van der Waals surface area contributed by atoms with E-state index in [1.807, 2.05) is 43.5 Å².